The van der Waals surface area contributed by atoms with Crippen molar-refractivity contribution in [1.29, 1.82) is 0 Å². The van der Waals surface area contributed by atoms with Crippen LogP contribution in [0.3, 0.4) is 0 Å². The third-order valence-corrected chi connectivity index (χ3v) is 4.23. The molecule has 0 bridgehead atoms. The van der Waals surface area contributed by atoms with Gasteiger partial charge in [0.15, 0.2) is 0 Å². The van der Waals surface area contributed by atoms with E-state index in [0.29, 0.717) is 15.7 Å². The summed E-state index contributed by atoms with van der Waals surface area (Å²) in [7, 11) is 0. The minimum atomic E-state index is -0.791. The van der Waals surface area contributed by atoms with Gasteiger partial charge in [-0.15, -0.1) is 0 Å². The quantitative estimate of drug-likeness (QED) is 0.821. The number of aliphatic hydroxyl groups is 1. The minimum Gasteiger partial charge on any atom is -0.493 e. The van der Waals surface area contributed by atoms with Gasteiger partial charge in [-0.3, -0.25) is 0 Å². The molecule has 0 saturated heterocycles. The van der Waals surface area contributed by atoms with Crippen molar-refractivity contribution >= 4 is 22.6 Å². The van der Waals surface area contributed by atoms with Gasteiger partial charge in [0.2, 0.25) is 0 Å². The van der Waals surface area contributed by atoms with Crippen LogP contribution in [-0.4, -0.2) is 11.7 Å². The van der Waals surface area contributed by atoms with Gasteiger partial charge >= 0.3 is 0 Å². The molecule has 2 nitrogen and oxygen atoms in total. The monoisotopic (exact) mass is 370 g/mol. The Morgan fingerprint density at radius 3 is 2.84 bits per heavy atom. The van der Waals surface area contributed by atoms with E-state index in [0.717, 1.165) is 23.3 Å². The topological polar surface area (TPSA) is 29.5 Å². The van der Waals surface area contributed by atoms with E-state index in [2.05, 4.69) is 0 Å². The van der Waals surface area contributed by atoms with Gasteiger partial charge in [0.05, 0.1) is 6.61 Å². The lowest BCUT2D eigenvalue weighted by molar-refractivity contribution is 0.213. The maximum absolute atomic E-state index is 13.1. The fourth-order valence-corrected chi connectivity index (χ4v) is 3.12. The first kappa shape index (κ1) is 12.9. The van der Waals surface area contributed by atoms with E-state index < -0.39 is 6.10 Å². The zero-order valence-corrected chi connectivity index (χ0v) is 12.2. The predicted molar refractivity (Wildman–Crippen MR) is 78.8 cm³/mol. The fraction of sp³-hybridized carbons (Fsp3) is 0.200. The Hall–Kier alpha value is -1.14. The van der Waals surface area contributed by atoms with Crippen LogP contribution in [0, 0.1) is 9.39 Å². The highest BCUT2D eigenvalue weighted by Crippen LogP contribution is 2.37. The Morgan fingerprint density at radius 1 is 1.21 bits per heavy atom. The number of rotatable bonds is 2. The molecule has 0 saturated carbocycles. The van der Waals surface area contributed by atoms with Crippen LogP contribution < -0.4 is 4.74 Å². The van der Waals surface area contributed by atoms with Gasteiger partial charge in [-0.25, -0.2) is 4.39 Å². The molecule has 1 unspecified atom stereocenters. The second-order valence-electron chi connectivity index (χ2n) is 4.50. The van der Waals surface area contributed by atoms with E-state index in [-0.39, 0.29) is 5.82 Å². The standard InChI is InChI=1S/C15H12FIO2/c16-10-4-5-11(13(17)8-10)14(18)12-3-1-2-9-6-7-19-15(9)12/h1-5,8,14,18H,6-7H2. The Morgan fingerprint density at radius 2 is 2.05 bits per heavy atom. The molecule has 19 heavy (non-hydrogen) atoms. The predicted octanol–water partition coefficient (Wildman–Crippen LogP) is 3.45. The zero-order valence-electron chi connectivity index (χ0n) is 10.1. The Balaban J connectivity index is 2.05. The van der Waals surface area contributed by atoms with Crippen molar-refractivity contribution in [2.45, 2.75) is 12.5 Å². The minimum absolute atomic E-state index is 0.296. The zero-order chi connectivity index (χ0) is 13.4. The average Bonchev–Trinajstić information content (AvgIpc) is 2.86. The molecule has 2 aromatic carbocycles. The van der Waals surface area contributed by atoms with Gasteiger partial charge in [0, 0.05) is 15.6 Å². The molecule has 98 valence electrons. The molecule has 0 fully saturated rings. The van der Waals surface area contributed by atoms with Crippen LogP contribution in [0.15, 0.2) is 36.4 Å². The van der Waals surface area contributed by atoms with Crippen molar-refractivity contribution in [3.05, 3.63) is 62.5 Å². The molecule has 1 atom stereocenters. The SMILES string of the molecule is OC(c1ccc(F)cc1I)c1cccc2c1OCC2. The average molecular weight is 370 g/mol. The molecule has 0 radical (unpaired) electrons. The third kappa shape index (κ3) is 2.34. The fourth-order valence-electron chi connectivity index (χ4n) is 2.35. The largest absolute Gasteiger partial charge is 0.493 e. The maximum atomic E-state index is 13.1. The van der Waals surface area contributed by atoms with E-state index in [9.17, 15) is 9.50 Å². The maximum Gasteiger partial charge on any atom is 0.128 e. The molecule has 1 aliphatic rings. The number of fused-ring (bicyclic) bond motifs is 1. The molecular weight excluding hydrogens is 358 g/mol. The lowest BCUT2D eigenvalue weighted by Gasteiger charge is -2.16. The first-order valence-corrected chi connectivity index (χ1v) is 7.12. The second-order valence-corrected chi connectivity index (χ2v) is 5.66. The van der Waals surface area contributed by atoms with E-state index in [1.54, 1.807) is 6.07 Å². The third-order valence-electron chi connectivity index (χ3n) is 3.30. The lowest BCUT2D eigenvalue weighted by Crippen LogP contribution is -2.04. The highest BCUT2D eigenvalue weighted by atomic mass is 127. The van der Waals surface area contributed by atoms with Crippen LogP contribution >= 0.6 is 22.6 Å². The summed E-state index contributed by atoms with van der Waals surface area (Å²) in [5.74, 6) is 0.477. The number of aliphatic hydroxyl groups excluding tert-OH is 1. The van der Waals surface area contributed by atoms with Crippen molar-refractivity contribution in [1.82, 2.24) is 0 Å². The number of para-hydroxylation sites is 1. The highest BCUT2D eigenvalue weighted by Gasteiger charge is 2.23. The van der Waals surface area contributed by atoms with E-state index in [1.165, 1.54) is 12.1 Å². The molecule has 1 heterocycles. The molecule has 0 spiro atoms. The van der Waals surface area contributed by atoms with Gasteiger partial charge in [0.25, 0.3) is 0 Å². The van der Waals surface area contributed by atoms with Gasteiger partial charge in [-0.2, -0.15) is 0 Å². The summed E-state index contributed by atoms with van der Waals surface area (Å²) in [5, 5.41) is 10.5. The van der Waals surface area contributed by atoms with Crippen LogP contribution in [0.5, 0.6) is 5.75 Å². The normalized spacial score (nSPS) is 14.9. The van der Waals surface area contributed by atoms with Crippen molar-refractivity contribution in [3.8, 4) is 5.75 Å². The second kappa shape index (κ2) is 5.09. The number of ether oxygens (including phenoxy) is 1. The summed E-state index contributed by atoms with van der Waals surface area (Å²) in [4.78, 5) is 0. The molecule has 1 aliphatic heterocycles. The molecule has 4 heteroatoms. The molecule has 3 rings (SSSR count). The molecular formula is C15H12FIO2. The van der Waals surface area contributed by atoms with Crippen molar-refractivity contribution in [2.75, 3.05) is 6.61 Å². The number of hydrogen-bond donors (Lipinski definition) is 1. The highest BCUT2D eigenvalue weighted by molar-refractivity contribution is 14.1. The summed E-state index contributed by atoms with van der Waals surface area (Å²) in [6, 6.07) is 10.2. The van der Waals surface area contributed by atoms with E-state index in [4.69, 9.17) is 4.74 Å². The van der Waals surface area contributed by atoms with Crippen LogP contribution in [0.25, 0.3) is 0 Å². The molecule has 0 amide bonds. The summed E-state index contributed by atoms with van der Waals surface area (Å²) < 4.78 is 19.4. The Bertz CT molecular complexity index is 628. The van der Waals surface area contributed by atoms with Gasteiger partial charge < -0.3 is 9.84 Å². The molecule has 0 aromatic heterocycles. The number of benzene rings is 2. The summed E-state index contributed by atoms with van der Waals surface area (Å²) in [6.45, 7) is 0.652. The van der Waals surface area contributed by atoms with E-state index >= 15 is 0 Å². The summed E-state index contributed by atoms with van der Waals surface area (Å²) in [6.07, 6.45) is 0.0803. The van der Waals surface area contributed by atoms with Crippen molar-refractivity contribution < 1.29 is 14.2 Å². The lowest BCUT2D eigenvalue weighted by atomic mass is 9.98. The smallest absolute Gasteiger partial charge is 0.128 e. The van der Waals surface area contributed by atoms with Crippen LogP contribution in [-0.2, 0) is 6.42 Å². The Labute approximate surface area is 124 Å². The van der Waals surface area contributed by atoms with Gasteiger partial charge in [-0.1, -0.05) is 24.3 Å². The molecule has 1 N–H and O–H groups in total. The summed E-state index contributed by atoms with van der Waals surface area (Å²) in [5.41, 5.74) is 2.57. The molecule has 0 aliphatic carbocycles. The van der Waals surface area contributed by atoms with Crippen LogP contribution in [0.2, 0.25) is 0 Å². The van der Waals surface area contributed by atoms with Crippen LogP contribution in [0.1, 0.15) is 22.8 Å². The van der Waals surface area contributed by atoms with Crippen molar-refractivity contribution in [3.63, 3.8) is 0 Å². The van der Waals surface area contributed by atoms with E-state index in [1.807, 2.05) is 40.8 Å². The first-order valence-electron chi connectivity index (χ1n) is 6.04. The summed E-state index contributed by atoms with van der Waals surface area (Å²) >= 11 is 2.04. The number of halogens is 2. The van der Waals surface area contributed by atoms with Crippen LogP contribution in [0.4, 0.5) is 4.39 Å². The first-order chi connectivity index (χ1) is 9.16. The van der Waals surface area contributed by atoms with Crippen molar-refractivity contribution in [2.24, 2.45) is 0 Å². The van der Waals surface area contributed by atoms with Gasteiger partial charge in [0.1, 0.15) is 17.7 Å². The Kier molecular flexibility index (Phi) is 3.45. The number of hydrogen-bond acceptors (Lipinski definition) is 2. The van der Waals surface area contributed by atoms with Gasteiger partial charge in [-0.05, 0) is 45.9 Å². The molecule has 2 aromatic rings.